The first-order valence-corrected chi connectivity index (χ1v) is 12.4. The Labute approximate surface area is 195 Å². The summed E-state index contributed by atoms with van der Waals surface area (Å²) in [6.45, 7) is 10.5. The first-order chi connectivity index (χ1) is 15.7. The summed E-state index contributed by atoms with van der Waals surface area (Å²) in [6, 6.07) is 12.6. The zero-order valence-electron chi connectivity index (χ0n) is 19.3. The molecule has 1 aliphatic rings. The van der Waals surface area contributed by atoms with Crippen molar-refractivity contribution in [3.05, 3.63) is 64.8 Å². The van der Waals surface area contributed by atoms with E-state index in [-0.39, 0.29) is 0 Å². The summed E-state index contributed by atoms with van der Waals surface area (Å²) in [7, 11) is -3.69. The van der Waals surface area contributed by atoms with Gasteiger partial charge in [-0.2, -0.15) is 4.98 Å². The SMILES string of the molecule is Cc1cc(Nc2ccc(NS(=O)(=O)c3cc(C)c(C)cc3C)cc2)nc(N2CCOCC2)n1. The Kier molecular flexibility index (Phi) is 6.53. The molecule has 9 heteroatoms. The zero-order valence-corrected chi connectivity index (χ0v) is 20.2. The fourth-order valence-corrected chi connectivity index (χ4v) is 5.10. The molecule has 0 radical (unpaired) electrons. The summed E-state index contributed by atoms with van der Waals surface area (Å²) in [5, 5.41) is 3.28. The van der Waals surface area contributed by atoms with Crippen LogP contribution in [-0.2, 0) is 14.8 Å². The molecule has 0 aliphatic carbocycles. The highest BCUT2D eigenvalue weighted by molar-refractivity contribution is 7.92. The van der Waals surface area contributed by atoms with E-state index in [1.807, 2.05) is 52.0 Å². The van der Waals surface area contributed by atoms with Crippen LogP contribution in [0.1, 0.15) is 22.4 Å². The lowest BCUT2D eigenvalue weighted by Gasteiger charge is -2.27. The van der Waals surface area contributed by atoms with Gasteiger partial charge in [-0.1, -0.05) is 6.07 Å². The first-order valence-electron chi connectivity index (χ1n) is 10.9. The Hall–Kier alpha value is -3.17. The van der Waals surface area contributed by atoms with E-state index in [0.29, 0.717) is 35.6 Å². The average Bonchev–Trinajstić information content (AvgIpc) is 2.77. The molecule has 1 fully saturated rings. The number of rotatable bonds is 6. The quantitative estimate of drug-likeness (QED) is 0.564. The van der Waals surface area contributed by atoms with Crippen LogP contribution < -0.4 is 14.9 Å². The Morgan fingerprint density at radius 1 is 0.848 bits per heavy atom. The van der Waals surface area contributed by atoms with Crippen molar-refractivity contribution in [2.24, 2.45) is 0 Å². The molecule has 0 spiro atoms. The Balaban J connectivity index is 1.49. The highest BCUT2D eigenvalue weighted by Gasteiger charge is 2.18. The minimum atomic E-state index is -3.69. The molecule has 8 nitrogen and oxygen atoms in total. The van der Waals surface area contributed by atoms with E-state index >= 15 is 0 Å². The van der Waals surface area contributed by atoms with E-state index in [4.69, 9.17) is 4.74 Å². The van der Waals surface area contributed by atoms with Crippen LogP contribution in [-0.4, -0.2) is 44.7 Å². The minimum Gasteiger partial charge on any atom is -0.378 e. The number of hydrogen-bond donors (Lipinski definition) is 2. The first kappa shape index (κ1) is 23.0. The van der Waals surface area contributed by atoms with Gasteiger partial charge in [-0.15, -0.1) is 0 Å². The fraction of sp³-hybridized carbons (Fsp3) is 0.333. The molecule has 1 aliphatic heterocycles. The van der Waals surface area contributed by atoms with Gasteiger partial charge in [-0.05, 0) is 74.7 Å². The molecule has 0 bridgehead atoms. The van der Waals surface area contributed by atoms with Crippen molar-refractivity contribution in [1.29, 1.82) is 0 Å². The molecular weight excluding hydrogens is 438 g/mol. The molecule has 0 amide bonds. The van der Waals surface area contributed by atoms with Gasteiger partial charge in [0.15, 0.2) is 0 Å². The second kappa shape index (κ2) is 9.36. The maximum absolute atomic E-state index is 12.9. The number of morpholine rings is 1. The lowest BCUT2D eigenvalue weighted by Crippen LogP contribution is -2.37. The predicted molar refractivity (Wildman–Crippen MR) is 131 cm³/mol. The maximum Gasteiger partial charge on any atom is 0.262 e. The molecule has 2 aromatic carbocycles. The topological polar surface area (TPSA) is 96.5 Å². The van der Waals surface area contributed by atoms with Crippen LogP contribution in [0.25, 0.3) is 0 Å². The Morgan fingerprint density at radius 3 is 2.18 bits per heavy atom. The van der Waals surface area contributed by atoms with Crippen LogP contribution in [0.3, 0.4) is 0 Å². The van der Waals surface area contributed by atoms with Crippen molar-refractivity contribution in [2.75, 3.05) is 41.2 Å². The standard InChI is InChI=1S/C24H29N5O3S/c1-16-13-18(3)22(14-17(16)2)33(30,31)28-21-7-5-20(6-8-21)26-23-15-19(4)25-24(27-23)29-9-11-32-12-10-29/h5-8,13-15,28H,9-12H2,1-4H3,(H,25,26,27). The van der Waals surface area contributed by atoms with Gasteiger partial charge in [0.25, 0.3) is 10.0 Å². The number of hydrogen-bond acceptors (Lipinski definition) is 7. The van der Waals surface area contributed by atoms with E-state index in [2.05, 4.69) is 24.9 Å². The summed E-state index contributed by atoms with van der Waals surface area (Å²) in [5.41, 5.74) is 4.88. The number of aryl methyl sites for hydroxylation is 4. The van der Waals surface area contributed by atoms with Crippen molar-refractivity contribution >= 4 is 33.2 Å². The van der Waals surface area contributed by atoms with Gasteiger partial charge < -0.3 is 15.0 Å². The molecule has 2 N–H and O–H groups in total. The smallest absolute Gasteiger partial charge is 0.262 e. The summed E-state index contributed by atoms with van der Waals surface area (Å²) in [4.78, 5) is 11.6. The van der Waals surface area contributed by atoms with E-state index in [1.165, 1.54) is 0 Å². The van der Waals surface area contributed by atoms with Gasteiger partial charge in [0, 0.05) is 36.2 Å². The van der Waals surface area contributed by atoms with Crippen LogP contribution in [0.15, 0.2) is 47.4 Å². The molecule has 0 atom stereocenters. The fourth-order valence-electron chi connectivity index (χ4n) is 3.72. The second-order valence-electron chi connectivity index (χ2n) is 8.30. The van der Waals surface area contributed by atoms with Crippen molar-refractivity contribution < 1.29 is 13.2 Å². The molecule has 174 valence electrons. The highest BCUT2D eigenvalue weighted by Crippen LogP contribution is 2.25. The number of benzene rings is 2. The third-order valence-electron chi connectivity index (χ3n) is 5.63. The zero-order chi connectivity index (χ0) is 23.6. The normalized spacial score (nSPS) is 14.2. The number of ether oxygens (including phenoxy) is 1. The van der Waals surface area contributed by atoms with Crippen LogP contribution in [0.4, 0.5) is 23.1 Å². The number of nitrogens with one attached hydrogen (secondary N) is 2. The summed E-state index contributed by atoms with van der Waals surface area (Å²) in [5.74, 6) is 1.36. The monoisotopic (exact) mass is 467 g/mol. The second-order valence-corrected chi connectivity index (χ2v) is 9.95. The molecule has 2 heterocycles. The molecule has 3 aromatic rings. The van der Waals surface area contributed by atoms with Gasteiger partial charge >= 0.3 is 0 Å². The largest absolute Gasteiger partial charge is 0.378 e. The molecule has 4 rings (SSSR count). The molecular formula is C24H29N5O3S. The van der Waals surface area contributed by atoms with Gasteiger partial charge in [0.05, 0.1) is 18.1 Å². The molecule has 1 saturated heterocycles. The minimum absolute atomic E-state index is 0.292. The van der Waals surface area contributed by atoms with E-state index in [1.54, 1.807) is 18.2 Å². The third-order valence-corrected chi connectivity index (χ3v) is 7.15. The highest BCUT2D eigenvalue weighted by atomic mass is 32.2. The van der Waals surface area contributed by atoms with E-state index < -0.39 is 10.0 Å². The number of anilines is 4. The molecule has 0 unspecified atom stereocenters. The van der Waals surface area contributed by atoms with Crippen LogP contribution >= 0.6 is 0 Å². The van der Waals surface area contributed by atoms with Crippen LogP contribution in [0.2, 0.25) is 0 Å². The summed E-state index contributed by atoms with van der Waals surface area (Å²) >= 11 is 0. The number of aromatic nitrogens is 2. The van der Waals surface area contributed by atoms with Crippen molar-refractivity contribution in [3.8, 4) is 0 Å². The third kappa shape index (κ3) is 5.43. The number of nitrogens with zero attached hydrogens (tertiary/aromatic N) is 3. The molecule has 33 heavy (non-hydrogen) atoms. The summed E-state index contributed by atoms with van der Waals surface area (Å²) < 4.78 is 33.9. The molecule has 0 saturated carbocycles. The van der Waals surface area contributed by atoms with Crippen molar-refractivity contribution in [1.82, 2.24) is 9.97 Å². The molecule has 1 aromatic heterocycles. The lowest BCUT2D eigenvalue weighted by atomic mass is 10.1. The van der Waals surface area contributed by atoms with E-state index in [9.17, 15) is 8.42 Å². The Morgan fingerprint density at radius 2 is 1.48 bits per heavy atom. The number of sulfonamides is 1. The van der Waals surface area contributed by atoms with Crippen LogP contribution in [0, 0.1) is 27.7 Å². The van der Waals surface area contributed by atoms with Gasteiger partial charge in [-0.25, -0.2) is 13.4 Å². The summed E-state index contributed by atoms with van der Waals surface area (Å²) in [6.07, 6.45) is 0. The van der Waals surface area contributed by atoms with Crippen molar-refractivity contribution in [3.63, 3.8) is 0 Å². The van der Waals surface area contributed by atoms with Crippen molar-refractivity contribution in [2.45, 2.75) is 32.6 Å². The average molecular weight is 468 g/mol. The van der Waals surface area contributed by atoms with Gasteiger partial charge in [-0.3, -0.25) is 4.72 Å². The van der Waals surface area contributed by atoms with Gasteiger partial charge in [0.1, 0.15) is 5.82 Å². The van der Waals surface area contributed by atoms with E-state index in [0.717, 1.165) is 41.2 Å². The maximum atomic E-state index is 12.9. The van der Waals surface area contributed by atoms with Crippen LogP contribution in [0.5, 0.6) is 0 Å². The van der Waals surface area contributed by atoms with Gasteiger partial charge in [0.2, 0.25) is 5.95 Å². The Bertz CT molecular complexity index is 1250. The lowest BCUT2D eigenvalue weighted by molar-refractivity contribution is 0.122. The predicted octanol–water partition coefficient (Wildman–Crippen LogP) is 4.09.